The van der Waals surface area contributed by atoms with E-state index in [0.29, 0.717) is 30.2 Å². The van der Waals surface area contributed by atoms with Gasteiger partial charge in [0.05, 0.1) is 11.3 Å². The topological polar surface area (TPSA) is 109 Å². The summed E-state index contributed by atoms with van der Waals surface area (Å²) in [6.07, 6.45) is 6.89. The Morgan fingerprint density at radius 2 is 1.79 bits per heavy atom. The minimum atomic E-state index is -0.463. The number of likely N-dealkylation sites (tertiary alicyclic amines) is 2. The molecule has 3 heterocycles. The summed E-state index contributed by atoms with van der Waals surface area (Å²) in [5, 5.41) is 0. The molecule has 3 amide bonds. The molecule has 3 rings (SSSR count). The van der Waals surface area contributed by atoms with Crippen LogP contribution < -0.4 is 5.73 Å². The fourth-order valence-electron chi connectivity index (χ4n) is 3.96. The van der Waals surface area contributed by atoms with Crippen molar-refractivity contribution in [1.29, 1.82) is 0 Å². The number of hydrogen-bond donors (Lipinski definition) is 1. The number of piperidine rings is 2. The van der Waals surface area contributed by atoms with Crippen LogP contribution in [0.4, 0.5) is 0 Å². The molecule has 2 aliphatic heterocycles. The molecule has 1 aromatic rings. The maximum atomic E-state index is 12.7. The van der Waals surface area contributed by atoms with Crippen LogP contribution in [0.2, 0.25) is 0 Å². The van der Waals surface area contributed by atoms with Gasteiger partial charge in [-0.2, -0.15) is 0 Å². The molecule has 8 nitrogen and oxygen atoms in total. The molecular formula is C20H29N5O3. The van der Waals surface area contributed by atoms with E-state index >= 15 is 0 Å². The van der Waals surface area contributed by atoms with Gasteiger partial charge >= 0.3 is 0 Å². The van der Waals surface area contributed by atoms with Crippen LogP contribution in [-0.2, 0) is 9.59 Å². The van der Waals surface area contributed by atoms with Crippen molar-refractivity contribution in [3.63, 3.8) is 0 Å². The fraction of sp³-hybridized carbons (Fsp3) is 0.650. The fourth-order valence-corrected chi connectivity index (χ4v) is 3.96. The number of hydrogen-bond acceptors (Lipinski definition) is 5. The zero-order valence-corrected chi connectivity index (χ0v) is 16.5. The third-order valence-corrected chi connectivity index (χ3v) is 5.60. The first-order valence-corrected chi connectivity index (χ1v) is 10.1. The molecule has 2 fully saturated rings. The second-order valence-corrected chi connectivity index (χ2v) is 7.73. The lowest BCUT2D eigenvalue weighted by Gasteiger charge is -2.32. The number of aryl methyl sites for hydroxylation is 1. The Bertz CT molecular complexity index is 745. The van der Waals surface area contributed by atoms with Crippen LogP contribution in [0.3, 0.4) is 0 Å². The number of primary amides is 1. The summed E-state index contributed by atoms with van der Waals surface area (Å²) in [5.74, 6) is 0.215. The molecule has 2 saturated heterocycles. The summed E-state index contributed by atoms with van der Waals surface area (Å²) in [6.45, 7) is 4.66. The van der Waals surface area contributed by atoms with E-state index in [4.69, 9.17) is 5.73 Å². The second kappa shape index (κ2) is 9.12. The monoisotopic (exact) mass is 387 g/mol. The lowest BCUT2D eigenvalue weighted by Crippen LogP contribution is -2.40. The second-order valence-electron chi connectivity index (χ2n) is 7.73. The summed E-state index contributed by atoms with van der Waals surface area (Å²) < 4.78 is 0. The van der Waals surface area contributed by atoms with Gasteiger partial charge in [0.1, 0.15) is 5.82 Å². The Morgan fingerprint density at radius 3 is 2.46 bits per heavy atom. The zero-order chi connectivity index (χ0) is 20.1. The van der Waals surface area contributed by atoms with Crippen LogP contribution >= 0.6 is 0 Å². The maximum Gasteiger partial charge on any atom is 0.257 e. The molecule has 8 heteroatoms. The molecule has 0 unspecified atom stereocenters. The van der Waals surface area contributed by atoms with E-state index in [9.17, 15) is 14.4 Å². The Labute approximate surface area is 165 Å². The number of carbonyl (C=O) groups is 3. The molecule has 0 bridgehead atoms. The Kier molecular flexibility index (Phi) is 6.59. The van der Waals surface area contributed by atoms with E-state index in [1.54, 1.807) is 11.1 Å². The van der Waals surface area contributed by atoms with Gasteiger partial charge in [0.2, 0.25) is 11.8 Å². The van der Waals surface area contributed by atoms with Gasteiger partial charge in [-0.1, -0.05) is 0 Å². The highest BCUT2D eigenvalue weighted by atomic mass is 16.2. The van der Waals surface area contributed by atoms with Gasteiger partial charge in [-0.15, -0.1) is 0 Å². The van der Waals surface area contributed by atoms with Crippen LogP contribution in [0.1, 0.15) is 72.7 Å². The molecule has 1 atom stereocenters. The minimum absolute atomic E-state index is 0.00986. The molecule has 0 aromatic carbocycles. The summed E-state index contributed by atoms with van der Waals surface area (Å²) in [4.78, 5) is 48.7. The Hall–Kier alpha value is -2.51. The van der Waals surface area contributed by atoms with Crippen LogP contribution in [0.25, 0.3) is 0 Å². The van der Waals surface area contributed by atoms with E-state index in [1.165, 1.54) is 6.42 Å². The normalized spacial score (nSPS) is 20.1. The largest absolute Gasteiger partial charge is 0.370 e. The van der Waals surface area contributed by atoms with Crippen molar-refractivity contribution in [3.8, 4) is 0 Å². The van der Waals surface area contributed by atoms with E-state index in [1.807, 2.05) is 11.8 Å². The number of rotatable bonds is 5. The lowest BCUT2D eigenvalue weighted by atomic mass is 9.96. The third-order valence-electron chi connectivity index (χ3n) is 5.60. The van der Waals surface area contributed by atoms with E-state index < -0.39 is 5.91 Å². The van der Waals surface area contributed by atoms with Gasteiger partial charge in [0, 0.05) is 51.1 Å². The predicted molar refractivity (Wildman–Crippen MR) is 104 cm³/mol. The van der Waals surface area contributed by atoms with Crippen LogP contribution in [-0.4, -0.2) is 63.7 Å². The zero-order valence-electron chi connectivity index (χ0n) is 16.5. The number of nitrogens with two attached hydrogens (primary N) is 1. The minimum Gasteiger partial charge on any atom is -0.370 e. The Morgan fingerprint density at radius 1 is 1.07 bits per heavy atom. The van der Waals surface area contributed by atoms with Gasteiger partial charge < -0.3 is 15.5 Å². The quantitative estimate of drug-likeness (QED) is 0.821. The summed E-state index contributed by atoms with van der Waals surface area (Å²) >= 11 is 0. The first-order chi connectivity index (χ1) is 13.5. The molecule has 0 aliphatic carbocycles. The highest BCUT2D eigenvalue weighted by Crippen LogP contribution is 2.26. The Balaban J connectivity index is 1.66. The molecule has 0 saturated carbocycles. The molecule has 0 spiro atoms. The van der Waals surface area contributed by atoms with E-state index in [0.717, 1.165) is 38.8 Å². The van der Waals surface area contributed by atoms with Crippen LogP contribution in [0.5, 0.6) is 0 Å². The first-order valence-electron chi connectivity index (χ1n) is 10.1. The summed E-state index contributed by atoms with van der Waals surface area (Å²) in [6, 6.07) is 0. The highest BCUT2D eigenvalue weighted by molar-refractivity contribution is 5.95. The van der Waals surface area contributed by atoms with Gasteiger partial charge in [-0.25, -0.2) is 9.97 Å². The SMILES string of the molecule is Cc1nc([C@@H]2CCCN(C(=O)CCC(N)=O)C2)ncc1C(=O)N1CCCCC1. The van der Waals surface area contributed by atoms with Gasteiger partial charge in [-0.05, 0) is 39.0 Å². The van der Waals surface area contributed by atoms with Crippen molar-refractivity contribution in [1.82, 2.24) is 19.8 Å². The third kappa shape index (κ3) is 4.85. The summed E-state index contributed by atoms with van der Waals surface area (Å²) in [7, 11) is 0. The first kappa shape index (κ1) is 20.2. The van der Waals surface area contributed by atoms with Crippen molar-refractivity contribution in [3.05, 3.63) is 23.3 Å². The van der Waals surface area contributed by atoms with Gasteiger partial charge in [0.15, 0.2) is 0 Å². The van der Waals surface area contributed by atoms with Gasteiger partial charge in [0.25, 0.3) is 5.91 Å². The smallest absolute Gasteiger partial charge is 0.257 e. The highest BCUT2D eigenvalue weighted by Gasteiger charge is 2.28. The van der Waals surface area contributed by atoms with Gasteiger partial charge in [-0.3, -0.25) is 14.4 Å². The number of amides is 3. The molecule has 1 aromatic heterocycles. The van der Waals surface area contributed by atoms with E-state index in [-0.39, 0.29) is 30.6 Å². The summed E-state index contributed by atoms with van der Waals surface area (Å²) in [5.41, 5.74) is 6.40. The van der Waals surface area contributed by atoms with Crippen LogP contribution in [0, 0.1) is 6.92 Å². The number of aromatic nitrogens is 2. The van der Waals surface area contributed by atoms with Crippen molar-refractivity contribution >= 4 is 17.7 Å². The van der Waals surface area contributed by atoms with Crippen molar-refractivity contribution < 1.29 is 14.4 Å². The lowest BCUT2D eigenvalue weighted by molar-refractivity contribution is -0.134. The maximum absolute atomic E-state index is 12.7. The van der Waals surface area contributed by atoms with Crippen molar-refractivity contribution in [2.24, 2.45) is 5.73 Å². The number of carbonyl (C=O) groups excluding carboxylic acids is 3. The molecule has 0 radical (unpaired) electrons. The molecule has 28 heavy (non-hydrogen) atoms. The van der Waals surface area contributed by atoms with Crippen molar-refractivity contribution in [2.75, 3.05) is 26.2 Å². The molecule has 2 N–H and O–H groups in total. The van der Waals surface area contributed by atoms with E-state index in [2.05, 4.69) is 9.97 Å². The molecule has 152 valence electrons. The van der Waals surface area contributed by atoms with Crippen molar-refractivity contribution in [2.45, 2.75) is 57.8 Å². The average Bonchev–Trinajstić information content (AvgIpc) is 2.72. The van der Waals surface area contributed by atoms with Crippen LogP contribution in [0.15, 0.2) is 6.20 Å². The number of nitrogens with zero attached hydrogens (tertiary/aromatic N) is 4. The molecule has 2 aliphatic rings. The predicted octanol–water partition coefficient (Wildman–Crippen LogP) is 1.38. The molecular weight excluding hydrogens is 358 g/mol. The standard InChI is InChI=1S/C20H29N5O3/c1-14-16(20(28)24-9-3-2-4-10-24)12-22-19(23-14)15-6-5-11-25(13-15)18(27)8-7-17(21)26/h12,15H,2-11,13H2,1H3,(H2,21,26)/t15-/m1/s1. The average molecular weight is 387 g/mol.